The van der Waals surface area contributed by atoms with Crippen molar-refractivity contribution >= 4 is 30.0 Å². The number of carbonyl (C=O) groups is 1. The van der Waals surface area contributed by atoms with E-state index in [-0.39, 0.29) is 17.4 Å². The normalized spacial score (nSPS) is 11.5. The molecule has 84 valence electrons. The largest absolute Gasteiger partial charge is 0.468 e. The first-order valence-corrected chi connectivity index (χ1v) is 4.22. The van der Waals surface area contributed by atoms with Crippen molar-refractivity contribution in [2.45, 2.75) is 6.04 Å². The molecule has 0 amide bonds. The van der Waals surface area contributed by atoms with E-state index < -0.39 is 17.8 Å². The summed E-state index contributed by atoms with van der Waals surface area (Å²) in [5.41, 5.74) is 5.82. The van der Waals surface area contributed by atoms with Crippen LogP contribution in [0.1, 0.15) is 11.6 Å². The molecule has 15 heavy (non-hydrogen) atoms. The molecule has 1 unspecified atom stereocenters. The molecule has 0 aliphatic heterocycles. The average Bonchev–Trinajstić information content (AvgIpc) is 2.20. The zero-order chi connectivity index (χ0) is 10.7. The lowest BCUT2D eigenvalue weighted by molar-refractivity contribution is -0.142. The van der Waals surface area contributed by atoms with Gasteiger partial charge in [-0.05, 0) is 17.7 Å². The van der Waals surface area contributed by atoms with Gasteiger partial charge in [0, 0.05) is 0 Å². The Hall–Kier alpha value is -0.840. The Balaban J connectivity index is 0.00000196. The van der Waals surface area contributed by atoms with Crippen molar-refractivity contribution in [3.05, 3.63) is 34.6 Å². The number of nitrogens with two attached hydrogens (primary N) is 1. The summed E-state index contributed by atoms with van der Waals surface area (Å²) in [5.74, 6) is -1.23. The van der Waals surface area contributed by atoms with Gasteiger partial charge in [0.25, 0.3) is 0 Å². The van der Waals surface area contributed by atoms with Gasteiger partial charge in [-0.25, -0.2) is 4.39 Å². The van der Waals surface area contributed by atoms with Crippen molar-refractivity contribution in [2.75, 3.05) is 7.11 Å². The summed E-state index contributed by atoms with van der Waals surface area (Å²) < 4.78 is 17.4. The SMILES string of the molecule is COC(=O)C(N)c1ccc(Cl)c(F)c1.Cl. The molecule has 0 bridgehead atoms. The Morgan fingerprint density at radius 2 is 2.20 bits per heavy atom. The molecule has 0 saturated carbocycles. The fraction of sp³-hybridized carbons (Fsp3) is 0.222. The lowest BCUT2D eigenvalue weighted by Crippen LogP contribution is -2.22. The van der Waals surface area contributed by atoms with Crippen molar-refractivity contribution in [2.24, 2.45) is 5.73 Å². The molecule has 3 nitrogen and oxygen atoms in total. The Kier molecular flexibility index (Phi) is 5.57. The van der Waals surface area contributed by atoms with Crippen LogP contribution in [0.2, 0.25) is 5.02 Å². The lowest BCUT2D eigenvalue weighted by atomic mass is 10.1. The number of esters is 1. The van der Waals surface area contributed by atoms with Gasteiger partial charge in [0.05, 0.1) is 12.1 Å². The number of hydrogen-bond donors (Lipinski definition) is 1. The molecule has 0 fully saturated rings. The van der Waals surface area contributed by atoms with Gasteiger partial charge >= 0.3 is 5.97 Å². The first-order chi connectivity index (χ1) is 6.56. The van der Waals surface area contributed by atoms with E-state index in [9.17, 15) is 9.18 Å². The maximum absolute atomic E-state index is 13.0. The minimum absolute atomic E-state index is 0. The highest BCUT2D eigenvalue weighted by atomic mass is 35.5. The van der Waals surface area contributed by atoms with Crippen LogP contribution >= 0.6 is 24.0 Å². The van der Waals surface area contributed by atoms with E-state index in [0.29, 0.717) is 5.56 Å². The summed E-state index contributed by atoms with van der Waals surface area (Å²) in [7, 11) is 1.22. The third-order valence-corrected chi connectivity index (χ3v) is 2.06. The van der Waals surface area contributed by atoms with E-state index in [1.807, 2.05) is 0 Å². The van der Waals surface area contributed by atoms with Gasteiger partial charge in [0.15, 0.2) is 0 Å². The number of hydrogen-bond acceptors (Lipinski definition) is 3. The molecular weight excluding hydrogens is 244 g/mol. The van der Waals surface area contributed by atoms with Gasteiger partial charge in [-0.15, -0.1) is 12.4 Å². The molecule has 1 aromatic rings. The van der Waals surface area contributed by atoms with Crippen LogP contribution in [-0.2, 0) is 9.53 Å². The van der Waals surface area contributed by atoms with E-state index >= 15 is 0 Å². The lowest BCUT2D eigenvalue weighted by Gasteiger charge is -2.09. The van der Waals surface area contributed by atoms with Gasteiger partial charge < -0.3 is 10.5 Å². The van der Waals surface area contributed by atoms with Crippen molar-refractivity contribution in [1.82, 2.24) is 0 Å². The number of halogens is 3. The molecule has 1 aromatic carbocycles. The minimum Gasteiger partial charge on any atom is -0.468 e. The fourth-order valence-electron chi connectivity index (χ4n) is 0.969. The van der Waals surface area contributed by atoms with E-state index in [2.05, 4.69) is 4.74 Å². The Morgan fingerprint density at radius 1 is 1.60 bits per heavy atom. The topological polar surface area (TPSA) is 52.3 Å². The van der Waals surface area contributed by atoms with Crippen LogP contribution in [0.25, 0.3) is 0 Å². The quantitative estimate of drug-likeness (QED) is 0.822. The van der Waals surface area contributed by atoms with Crippen LogP contribution in [0, 0.1) is 5.82 Å². The molecule has 0 saturated heterocycles. The number of methoxy groups -OCH3 is 1. The molecule has 0 aromatic heterocycles. The van der Waals surface area contributed by atoms with Crippen LogP contribution in [0.4, 0.5) is 4.39 Å². The van der Waals surface area contributed by atoms with Crippen LogP contribution in [0.15, 0.2) is 18.2 Å². The molecule has 0 heterocycles. The summed E-state index contributed by atoms with van der Waals surface area (Å²) >= 11 is 5.47. The van der Waals surface area contributed by atoms with Crippen molar-refractivity contribution in [3.8, 4) is 0 Å². The Labute approximate surface area is 97.8 Å². The number of rotatable bonds is 2. The zero-order valence-corrected chi connectivity index (χ0v) is 9.44. The second-order valence-electron chi connectivity index (χ2n) is 2.67. The summed E-state index contributed by atoms with van der Waals surface area (Å²) in [6.45, 7) is 0. The molecule has 0 radical (unpaired) electrons. The Morgan fingerprint density at radius 3 is 2.67 bits per heavy atom. The monoisotopic (exact) mass is 253 g/mol. The maximum atomic E-state index is 13.0. The second kappa shape index (κ2) is 5.90. The van der Waals surface area contributed by atoms with Crippen molar-refractivity contribution in [1.29, 1.82) is 0 Å². The molecule has 1 rings (SSSR count). The van der Waals surface area contributed by atoms with Crippen molar-refractivity contribution in [3.63, 3.8) is 0 Å². The van der Waals surface area contributed by atoms with Gasteiger partial charge in [-0.3, -0.25) is 4.79 Å². The molecule has 2 N–H and O–H groups in total. The van der Waals surface area contributed by atoms with E-state index in [1.165, 1.54) is 19.2 Å². The fourth-order valence-corrected chi connectivity index (χ4v) is 1.09. The number of carbonyl (C=O) groups excluding carboxylic acids is 1. The maximum Gasteiger partial charge on any atom is 0.327 e. The molecule has 0 aliphatic carbocycles. The van der Waals surface area contributed by atoms with E-state index in [1.54, 1.807) is 0 Å². The highest BCUT2D eigenvalue weighted by molar-refractivity contribution is 6.30. The minimum atomic E-state index is -0.980. The molecule has 0 aliphatic rings. The zero-order valence-electron chi connectivity index (χ0n) is 7.87. The van der Waals surface area contributed by atoms with Crippen LogP contribution in [0.5, 0.6) is 0 Å². The van der Waals surface area contributed by atoms with E-state index in [4.69, 9.17) is 17.3 Å². The van der Waals surface area contributed by atoms with Crippen LogP contribution in [0.3, 0.4) is 0 Å². The van der Waals surface area contributed by atoms with Crippen LogP contribution in [-0.4, -0.2) is 13.1 Å². The van der Waals surface area contributed by atoms with Crippen LogP contribution < -0.4 is 5.73 Å². The summed E-state index contributed by atoms with van der Waals surface area (Å²) in [4.78, 5) is 11.0. The third kappa shape index (κ3) is 3.34. The highest BCUT2D eigenvalue weighted by Gasteiger charge is 2.17. The smallest absolute Gasteiger partial charge is 0.327 e. The van der Waals surface area contributed by atoms with Gasteiger partial charge in [0.1, 0.15) is 11.9 Å². The molecule has 0 spiro atoms. The number of ether oxygens (including phenoxy) is 1. The Bertz CT molecular complexity index is 360. The first kappa shape index (κ1) is 14.2. The average molecular weight is 254 g/mol. The third-order valence-electron chi connectivity index (χ3n) is 1.76. The van der Waals surface area contributed by atoms with E-state index in [0.717, 1.165) is 6.07 Å². The highest BCUT2D eigenvalue weighted by Crippen LogP contribution is 2.19. The van der Waals surface area contributed by atoms with Gasteiger partial charge in [-0.1, -0.05) is 17.7 Å². The summed E-state index contributed by atoms with van der Waals surface area (Å²) in [5, 5.41) is -0.00850. The first-order valence-electron chi connectivity index (χ1n) is 3.84. The summed E-state index contributed by atoms with van der Waals surface area (Å²) in [6, 6.07) is 2.96. The summed E-state index contributed by atoms with van der Waals surface area (Å²) in [6.07, 6.45) is 0. The van der Waals surface area contributed by atoms with Gasteiger partial charge in [0.2, 0.25) is 0 Å². The molecular formula is C9H10Cl2FNO2. The predicted molar refractivity (Wildman–Crippen MR) is 57.6 cm³/mol. The number of benzene rings is 1. The second-order valence-corrected chi connectivity index (χ2v) is 3.08. The predicted octanol–water partition coefficient (Wildman–Crippen LogP) is 2.07. The van der Waals surface area contributed by atoms with Crippen molar-refractivity contribution < 1.29 is 13.9 Å². The molecule has 6 heteroatoms. The van der Waals surface area contributed by atoms with Gasteiger partial charge in [-0.2, -0.15) is 0 Å². The molecule has 1 atom stereocenters. The standard InChI is InChI=1S/C9H9ClFNO2.ClH/c1-14-9(13)8(12)5-2-3-6(10)7(11)4-5;/h2-4,8H,12H2,1H3;1H.